The highest BCUT2D eigenvalue weighted by atomic mass is 32.2. The van der Waals surface area contributed by atoms with Crippen LogP contribution in [0.4, 0.5) is 10.5 Å². The van der Waals surface area contributed by atoms with Crippen molar-refractivity contribution in [1.29, 1.82) is 0 Å². The average Bonchev–Trinajstić information content (AvgIpc) is 2.79. The number of methoxy groups -OCH3 is 1. The lowest BCUT2D eigenvalue weighted by Crippen LogP contribution is -2.27. The van der Waals surface area contributed by atoms with E-state index >= 15 is 0 Å². The van der Waals surface area contributed by atoms with E-state index in [9.17, 15) is 9.59 Å². The molecular weight excluding hydrogens is 402 g/mol. The van der Waals surface area contributed by atoms with Gasteiger partial charge in [0.2, 0.25) is 6.41 Å². The third-order valence-corrected chi connectivity index (χ3v) is 4.96. The Hall–Kier alpha value is -3.65. The van der Waals surface area contributed by atoms with Gasteiger partial charge in [0.1, 0.15) is 11.5 Å². The topological polar surface area (TPSA) is 79.9 Å². The van der Waals surface area contributed by atoms with Crippen molar-refractivity contribution < 1.29 is 19.1 Å². The van der Waals surface area contributed by atoms with Gasteiger partial charge in [0.25, 0.3) is 0 Å². The second kappa shape index (κ2) is 10.8. The molecule has 0 aliphatic rings. The van der Waals surface area contributed by atoms with Gasteiger partial charge in [-0.25, -0.2) is 9.10 Å². The molecule has 3 aromatic rings. The number of hydrogen-bond donors (Lipinski definition) is 2. The normalized spacial score (nSPS) is 10.0. The van der Waals surface area contributed by atoms with Gasteiger partial charge >= 0.3 is 6.09 Å². The van der Waals surface area contributed by atoms with Crippen LogP contribution in [-0.4, -0.2) is 23.9 Å². The first-order valence-corrected chi connectivity index (χ1v) is 9.86. The molecule has 0 fully saturated rings. The second-order valence-electron chi connectivity index (χ2n) is 6.07. The minimum absolute atomic E-state index is 0.368. The molecule has 0 atom stereocenters. The van der Waals surface area contributed by atoms with E-state index in [4.69, 9.17) is 9.47 Å². The van der Waals surface area contributed by atoms with Crippen LogP contribution in [-0.2, 0) is 11.3 Å². The van der Waals surface area contributed by atoms with Crippen molar-refractivity contribution >= 4 is 30.1 Å². The fourth-order valence-corrected chi connectivity index (χ4v) is 3.36. The van der Waals surface area contributed by atoms with Crippen molar-refractivity contribution in [3.8, 4) is 11.5 Å². The summed E-state index contributed by atoms with van der Waals surface area (Å²) in [5.74, 6) is 1.11. The number of amides is 2. The van der Waals surface area contributed by atoms with E-state index in [-0.39, 0.29) is 0 Å². The van der Waals surface area contributed by atoms with Crippen LogP contribution in [0.15, 0.2) is 83.8 Å². The van der Waals surface area contributed by atoms with Crippen LogP contribution in [0, 0.1) is 0 Å². The summed E-state index contributed by atoms with van der Waals surface area (Å²) in [4.78, 5) is 24.1. The van der Waals surface area contributed by atoms with E-state index in [1.54, 1.807) is 47.8 Å². The van der Waals surface area contributed by atoms with Gasteiger partial charge in [-0.1, -0.05) is 30.3 Å². The molecule has 0 spiro atoms. The summed E-state index contributed by atoms with van der Waals surface area (Å²) in [6.45, 7) is 0.368. The number of nitrogens with one attached hydrogen (secondary N) is 2. The summed E-state index contributed by atoms with van der Waals surface area (Å²) in [5, 5.41) is 0. The number of hydrazine groups is 1. The third kappa shape index (κ3) is 6.18. The summed E-state index contributed by atoms with van der Waals surface area (Å²) in [6.07, 6.45) is 0.0678. The molecule has 0 unspecified atom stereocenters. The quantitative estimate of drug-likeness (QED) is 0.300. The fraction of sp³-hybridized carbons (Fsp3) is 0.0909. The van der Waals surface area contributed by atoms with Gasteiger partial charge in [-0.2, -0.15) is 0 Å². The number of carbonyl (C=O) groups excluding carboxylic acids is 2. The predicted molar refractivity (Wildman–Crippen MR) is 116 cm³/mol. The monoisotopic (exact) mass is 423 g/mol. The maximum absolute atomic E-state index is 12.9. The smallest absolute Gasteiger partial charge is 0.425 e. The molecule has 2 amide bonds. The molecule has 0 saturated heterocycles. The highest BCUT2D eigenvalue weighted by molar-refractivity contribution is 7.97. The summed E-state index contributed by atoms with van der Waals surface area (Å²) >= 11 is 1.27. The zero-order valence-electron chi connectivity index (χ0n) is 16.3. The van der Waals surface area contributed by atoms with Crippen molar-refractivity contribution in [3.63, 3.8) is 0 Å². The molecule has 0 aromatic heterocycles. The number of anilines is 1. The predicted octanol–water partition coefficient (Wildman–Crippen LogP) is 4.48. The maximum atomic E-state index is 12.9. The molecule has 30 heavy (non-hydrogen) atoms. The van der Waals surface area contributed by atoms with Crippen LogP contribution in [0.3, 0.4) is 0 Å². The standard InChI is InChI=1S/C22H21N3O4S/c1-28-19-9-11-20(12-10-19)29-22(27)25(15-17-5-3-2-4-6-17)30-21-13-7-18(8-14-21)24-23-16-26/h2-14,16,24H,15H2,1H3,(H,23,26). The minimum atomic E-state index is -0.487. The van der Waals surface area contributed by atoms with Crippen molar-refractivity contribution in [2.45, 2.75) is 11.4 Å². The Morgan fingerprint density at radius 1 is 0.967 bits per heavy atom. The van der Waals surface area contributed by atoms with Gasteiger partial charge in [-0.15, -0.1) is 0 Å². The van der Waals surface area contributed by atoms with E-state index in [1.807, 2.05) is 42.5 Å². The van der Waals surface area contributed by atoms with E-state index in [0.717, 1.165) is 16.1 Å². The Kier molecular flexibility index (Phi) is 7.57. The zero-order chi connectivity index (χ0) is 21.2. The summed E-state index contributed by atoms with van der Waals surface area (Å²) in [5.41, 5.74) is 6.82. The molecule has 8 heteroatoms. The Balaban J connectivity index is 1.73. The summed E-state index contributed by atoms with van der Waals surface area (Å²) in [6, 6.07) is 23.8. The zero-order valence-corrected chi connectivity index (χ0v) is 17.1. The van der Waals surface area contributed by atoms with E-state index < -0.39 is 6.09 Å². The molecule has 0 saturated carbocycles. The highest BCUT2D eigenvalue weighted by Gasteiger charge is 2.18. The minimum Gasteiger partial charge on any atom is -0.497 e. The average molecular weight is 423 g/mol. The molecule has 154 valence electrons. The Morgan fingerprint density at radius 2 is 1.63 bits per heavy atom. The van der Waals surface area contributed by atoms with Gasteiger partial charge in [0, 0.05) is 4.90 Å². The molecule has 7 nitrogen and oxygen atoms in total. The third-order valence-electron chi connectivity index (χ3n) is 3.98. The molecule has 0 aliphatic carbocycles. The number of hydrogen-bond acceptors (Lipinski definition) is 6. The van der Waals surface area contributed by atoms with Crippen molar-refractivity contribution in [3.05, 3.63) is 84.4 Å². The highest BCUT2D eigenvalue weighted by Crippen LogP contribution is 2.28. The molecule has 3 aromatic carbocycles. The number of carbonyl (C=O) groups is 2. The van der Waals surface area contributed by atoms with Gasteiger partial charge in [0.05, 0.1) is 19.3 Å². The van der Waals surface area contributed by atoms with Gasteiger partial charge < -0.3 is 9.47 Å². The lowest BCUT2D eigenvalue weighted by atomic mass is 10.2. The summed E-state index contributed by atoms with van der Waals surface area (Å²) in [7, 11) is 1.58. The van der Waals surface area contributed by atoms with E-state index in [1.165, 1.54) is 11.9 Å². The number of rotatable bonds is 9. The molecular formula is C22H21N3O4S. The van der Waals surface area contributed by atoms with Crippen LogP contribution in [0.2, 0.25) is 0 Å². The van der Waals surface area contributed by atoms with Gasteiger partial charge in [-0.3, -0.25) is 15.6 Å². The van der Waals surface area contributed by atoms with Crippen LogP contribution < -0.4 is 20.3 Å². The SMILES string of the molecule is COc1ccc(OC(=O)N(Cc2ccccc2)Sc2ccc(NNC=O)cc2)cc1. The first-order valence-electron chi connectivity index (χ1n) is 9.08. The number of nitrogens with zero attached hydrogens (tertiary/aromatic N) is 1. The largest absolute Gasteiger partial charge is 0.497 e. The second-order valence-corrected chi connectivity index (χ2v) is 7.16. The Labute approximate surface area is 179 Å². The van der Waals surface area contributed by atoms with Gasteiger partial charge in [0.15, 0.2) is 0 Å². The maximum Gasteiger partial charge on any atom is 0.425 e. The molecule has 3 rings (SSSR count). The van der Waals surface area contributed by atoms with Crippen molar-refractivity contribution in [2.75, 3.05) is 12.5 Å². The van der Waals surface area contributed by atoms with Crippen LogP contribution in [0.5, 0.6) is 11.5 Å². The van der Waals surface area contributed by atoms with Gasteiger partial charge in [-0.05, 0) is 66.0 Å². The first-order chi connectivity index (χ1) is 14.7. The number of benzene rings is 3. The fourth-order valence-electron chi connectivity index (χ4n) is 2.52. The van der Waals surface area contributed by atoms with Crippen LogP contribution >= 0.6 is 11.9 Å². The molecule has 0 radical (unpaired) electrons. The molecule has 2 N–H and O–H groups in total. The Morgan fingerprint density at radius 3 is 2.27 bits per heavy atom. The van der Waals surface area contributed by atoms with Crippen molar-refractivity contribution in [1.82, 2.24) is 9.73 Å². The van der Waals surface area contributed by atoms with Crippen LogP contribution in [0.25, 0.3) is 0 Å². The lowest BCUT2D eigenvalue weighted by molar-refractivity contribution is -0.109. The van der Waals surface area contributed by atoms with E-state index in [0.29, 0.717) is 24.5 Å². The first kappa shape index (κ1) is 21.1. The van der Waals surface area contributed by atoms with E-state index in [2.05, 4.69) is 10.9 Å². The number of ether oxygens (including phenoxy) is 2. The van der Waals surface area contributed by atoms with Crippen LogP contribution in [0.1, 0.15) is 5.56 Å². The Bertz CT molecular complexity index is 950. The lowest BCUT2D eigenvalue weighted by Gasteiger charge is -2.21. The molecule has 0 aliphatic heterocycles. The summed E-state index contributed by atoms with van der Waals surface area (Å²) < 4.78 is 12.2. The molecule has 0 bridgehead atoms. The molecule has 0 heterocycles. The van der Waals surface area contributed by atoms with Crippen molar-refractivity contribution in [2.24, 2.45) is 0 Å².